The molecule has 0 aliphatic carbocycles. The van der Waals surface area contributed by atoms with Gasteiger partial charge in [0.1, 0.15) is 5.75 Å². The number of benzene rings is 2. The summed E-state index contributed by atoms with van der Waals surface area (Å²) in [6.07, 6.45) is 0. The fourth-order valence-electron chi connectivity index (χ4n) is 1.96. The van der Waals surface area contributed by atoms with Gasteiger partial charge in [0.15, 0.2) is 0 Å². The van der Waals surface area contributed by atoms with E-state index in [1.165, 1.54) is 0 Å². The van der Waals surface area contributed by atoms with E-state index in [-0.39, 0.29) is 0 Å². The minimum absolute atomic E-state index is 0.479. The Morgan fingerprint density at radius 3 is 2.32 bits per heavy atom. The average molecular weight is 337 g/mol. The Labute approximate surface area is 140 Å². The molecule has 0 spiro atoms. The molecule has 0 radical (unpaired) electrons. The molecule has 0 amide bonds. The molecule has 116 valence electrons. The van der Waals surface area contributed by atoms with Gasteiger partial charge in [-0.3, -0.25) is 0 Å². The van der Waals surface area contributed by atoms with Crippen molar-refractivity contribution in [2.75, 3.05) is 6.61 Å². The van der Waals surface area contributed by atoms with Crippen LogP contribution in [0.3, 0.4) is 0 Å². The summed E-state index contributed by atoms with van der Waals surface area (Å²) in [5, 5.41) is 5.62. The predicted octanol–water partition coefficient (Wildman–Crippen LogP) is 4.91. The van der Waals surface area contributed by atoms with E-state index >= 15 is 0 Å². The van der Waals surface area contributed by atoms with Gasteiger partial charge in [-0.1, -0.05) is 29.3 Å². The van der Waals surface area contributed by atoms with Crippen LogP contribution in [0.2, 0.25) is 10.0 Å². The summed E-state index contributed by atoms with van der Waals surface area (Å²) in [6, 6.07) is 13.3. The van der Waals surface area contributed by atoms with Crippen LogP contribution in [0.5, 0.6) is 5.75 Å². The van der Waals surface area contributed by atoms with E-state index in [0.717, 1.165) is 22.6 Å². The lowest BCUT2D eigenvalue weighted by Crippen LogP contribution is -2.10. The molecule has 0 bridgehead atoms. The van der Waals surface area contributed by atoms with Gasteiger partial charge >= 0.3 is 0 Å². The van der Waals surface area contributed by atoms with Crippen LogP contribution in [-0.4, -0.2) is 12.3 Å². The Bertz CT molecular complexity index is 634. The summed E-state index contributed by atoms with van der Waals surface area (Å²) in [7, 11) is 0. The molecule has 5 heteroatoms. The Morgan fingerprint density at radius 2 is 1.73 bits per heavy atom. The maximum atomic E-state index is 6.12. The van der Waals surface area contributed by atoms with Crippen molar-refractivity contribution in [3.8, 4) is 5.75 Å². The van der Waals surface area contributed by atoms with E-state index < -0.39 is 0 Å². The fraction of sp³-hybridized carbons (Fsp3) is 0.235. The van der Waals surface area contributed by atoms with Crippen LogP contribution < -0.4 is 10.2 Å². The zero-order valence-corrected chi connectivity index (χ0v) is 14.1. The van der Waals surface area contributed by atoms with Gasteiger partial charge in [0.05, 0.1) is 18.9 Å². The first-order valence-electron chi connectivity index (χ1n) is 7.05. The third kappa shape index (κ3) is 4.39. The van der Waals surface area contributed by atoms with Crippen LogP contribution in [0.4, 0.5) is 0 Å². The molecule has 0 aliphatic rings. The zero-order chi connectivity index (χ0) is 15.9. The predicted molar refractivity (Wildman–Crippen MR) is 93.1 cm³/mol. The molecule has 0 saturated heterocycles. The second kappa shape index (κ2) is 8.06. The number of hydrogen-bond acceptors (Lipinski definition) is 3. The Hall–Kier alpha value is -1.71. The van der Waals surface area contributed by atoms with Gasteiger partial charge in [-0.25, -0.2) is 0 Å². The van der Waals surface area contributed by atoms with Crippen LogP contribution in [0.15, 0.2) is 47.6 Å². The van der Waals surface area contributed by atoms with E-state index in [0.29, 0.717) is 23.2 Å². The smallest absolute Gasteiger partial charge is 0.119 e. The van der Waals surface area contributed by atoms with E-state index in [2.05, 4.69) is 10.5 Å². The highest BCUT2D eigenvalue weighted by Crippen LogP contribution is 2.23. The van der Waals surface area contributed by atoms with Crippen molar-refractivity contribution in [3.63, 3.8) is 0 Å². The molecule has 2 aromatic carbocycles. The third-order valence-corrected chi connectivity index (χ3v) is 3.86. The number of hydrazone groups is 1. The van der Waals surface area contributed by atoms with Crippen LogP contribution in [0.25, 0.3) is 0 Å². The molecule has 2 rings (SSSR count). The largest absolute Gasteiger partial charge is 0.494 e. The van der Waals surface area contributed by atoms with Crippen LogP contribution in [0.1, 0.15) is 25.0 Å². The molecule has 0 aromatic heterocycles. The van der Waals surface area contributed by atoms with E-state index in [9.17, 15) is 0 Å². The summed E-state index contributed by atoms with van der Waals surface area (Å²) in [5.74, 6) is 0.856. The highest BCUT2D eigenvalue weighted by atomic mass is 35.5. The molecular weight excluding hydrogens is 319 g/mol. The molecule has 0 fully saturated rings. The molecular formula is C17H18Cl2N2O. The van der Waals surface area contributed by atoms with Gasteiger partial charge in [-0.2, -0.15) is 5.10 Å². The standard InChI is InChI=1S/C17H18Cl2N2O/c1-3-22-14-9-7-13(8-10-14)12(2)21-20-11-15-16(18)5-4-6-17(15)19/h4-10,20H,3,11H2,1-2H3/b21-12-. The van der Waals surface area contributed by atoms with E-state index in [1.807, 2.05) is 56.3 Å². The molecule has 2 aromatic rings. The molecule has 3 nitrogen and oxygen atoms in total. The van der Waals surface area contributed by atoms with Crippen LogP contribution >= 0.6 is 23.2 Å². The molecule has 0 aliphatic heterocycles. The normalized spacial score (nSPS) is 11.4. The highest BCUT2D eigenvalue weighted by molar-refractivity contribution is 6.35. The van der Waals surface area contributed by atoms with Crippen molar-refractivity contribution in [1.82, 2.24) is 5.43 Å². The number of ether oxygens (including phenoxy) is 1. The molecule has 0 atom stereocenters. The van der Waals surface area contributed by atoms with Crippen molar-refractivity contribution >= 4 is 28.9 Å². The SMILES string of the molecule is CCOc1ccc(/C(C)=N\NCc2c(Cl)cccc2Cl)cc1. The topological polar surface area (TPSA) is 33.6 Å². The average Bonchev–Trinajstić information content (AvgIpc) is 2.51. The summed E-state index contributed by atoms with van der Waals surface area (Å²) in [6.45, 7) is 5.04. The van der Waals surface area contributed by atoms with Gasteiger partial charge in [0.25, 0.3) is 0 Å². The Kier molecular flexibility index (Phi) is 6.10. The summed E-state index contributed by atoms with van der Waals surface area (Å²) in [5.41, 5.74) is 5.76. The number of nitrogens with one attached hydrogen (secondary N) is 1. The Morgan fingerprint density at radius 1 is 1.09 bits per heavy atom. The summed E-state index contributed by atoms with van der Waals surface area (Å²) < 4.78 is 5.42. The molecule has 0 heterocycles. The first kappa shape index (κ1) is 16.7. The third-order valence-electron chi connectivity index (χ3n) is 3.15. The van der Waals surface area contributed by atoms with Gasteiger partial charge < -0.3 is 10.2 Å². The first-order valence-corrected chi connectivity index (χ1v) is 7.80. The lowest BCUT2D eigenvalue weighted by Gasteiger charge is -2.08. The quantitative estimate of drug-likeness (QED) is 0.600. The van der Waals surface area contributed by atoms with E-state index in [1.54, 1.807) is 0 Å². The van der Waals surface area contributed by atoms with Gasteiger partial charge in [-0.15, -0.1) is 0 Å². The monoisotopic (exact) mass is 336 g/mol. The second-order valence-electron chi connectivity index (χ2n) is 4.69. The van der Waals surface area contributed by atoms with Crippen LogP contribution in [-0.2, 0) is 6.54 Å². The molecule has 0 unspecified atom stereocenters. The maximum Gasteiger partial charge on any atom is 0.119 e. The van der Waals surface area contributed by atoms with Gasteiger partial charge in [-0.05, 0) is 55.8 Å². The second-order valence-corrected chi connectivity index (χ2v) is 5.50. The Balaban J connectivity index is 2.00. The van der Waals surface area contributed by atoms with Crippen molar-refractivity contribution in [2.45, 2.75) is 20.4 Å². The fourth-order valence-corrected chi connectivity index (χ4v) is 2.49. The van der Waals surface area contributed by atoms with Crippen molar-refractivity contribution in [3.05, 3.63) is 63.6 Å². The first-order chi connectivity index (χ1) is 10.6. The summed E-state index contributed by atoms with van der Waals surface area (Å²) in [4.78, 5) is 0. The van der Waals surface area contributed by atoms with Gasteiger partial charge in [0, 0.05) is 15.6 Å². The number of nitrogens with zero attached hydrogens (tertiary/aromatic N) is 1. The zero-order valence-electron chi connectivity index (χ0n) is 12.6. The van der Waals surface area contributed by atoms with Crippen molar-refractivity contribution in [1.29, 1.82) is 0 Å². The lowest BCUT2D eigenvalue weighted by molar-refractivity contribution is 0.340. The number of rotatable bonds is 6. The highest BCUT2D eigenvalue weighted by Gasteiger charge is 2.04. The summed E-state index contributed by atoms with van der Waals surface area (Å²) >= 11 is 12.2. The number of halogens is 2. The van der Waals surface area contributed by atoms with E-state index in [4.69, 9.17) is 27.9 Å². The minimum Gasteiger partial charge on any atom is -0.494 e. The molecule has 0 saturated carbocycles. The van der Waals surface area contributed by atoms with Crippen molar-refractivity contribution in [2.24, 2.45) is 5.10 Å². The minimum atomic E-state index is 0.479. The number of hydrogen-bond donors (Lipinski definition) is 1. The van der Waals surface area contributed by atoms with Crippen LogP contribution in [0, 0.1) is 0 Å². The van der Waals surface area contributed by atoms with Crippen molar-refractivity contribution < 1.29 is 4.74 Å². The molecule has 1 N–H and O–H groups in total. The van der Waals surface area contributed by atoms with Gasteiger partial charge in [0.2, 0.25) is 0 Å². The maximum absolute atomic E-state index is 6.12. The molecule has 22 heavy (non-hydrogen) atoms. The lowest BCUT2D eigenvalue weighted by atomic mass is 10.1.